The van der Waals surface area contributed by atoms with Gasteiger partial charge >= 0.3 is 0 Å². The second kappa shape index (κ2) is 10.0. The minimum Gasteiger partial charge on any atom is -0.381 e. The van der Waals surface area contributed by atoms with Crippen LogP contribution in [0.2, 0.25) is 0 Å². The highest BCUT2D eigenvalue weighted by atomic mass is 16.5. The Kier molecular flexibility index (Phi) is 7.19. The van der Waals surface area contributed by atoms with Crippen LogP contribution in [0.1, 0.15) is 31.2 Å². The monoisotopic (exact) mass is 402 g/mol. The van der Waals surface area contributed by atoms with Crippen molar-refractivity contribution in [3.8, 4) is 0 Å². The summed E-state index contributed by atoms with van der Waals surface area (Å²) < 4.78 is 16.7. The third-order valence-electron chi connectivity index (χ3n) is 6.74. The van der Waals surface area contributed by atoms with Crippen molar-refractivity contribution in [3.05, 3.63) is 35.9 Å². The summed E-state index contributed by atoms with van der Waals surface area (Å²) in [5.74, 6) is 0.284. The molecule has 6 nitrogen and oxygen atoms in total. The van der Waals surface area contributed by atoms with Crippen molar-refractivity contribution in [2.45, 2.75) is 37.1 Å². The predicted octanol–water partition coefficient (Wildman–Crippen LogP) is 2.07. The van der Waals surface area contributed by atoms with E-state index in [9.17, 15) is 4.79 Å². The molecule has 160 valence electrons. The van der Waals surface area contributed by atoms with Crippen LogP contribution < -0.4 is 0 Å². The van der Waals surface area contributed by atoms with E-state index in [4.69, 9.17) is 14.2 Å². The molecule has 0 radical (unpaired) electrons. The first-order valence-corrected chi connectivity index (χ1v) is 11.1. The predicted molar refractivity (Wildman–Crippen MR) is 111 cm³/mol. The average Bonchev–Trinajstić information content (AvgIpc) is 2.81. The van der Waals surface area contributed by atoms with E-state index in [1.54, 1.807) is 0 Å². The summed E-state index contributed by atoms with van der Waals surface area (Å²) in [4.78, 5) is 18.8. The molecule has 0 aromatic heterocycles. The number of rotatable bonds is 6. The lowest BCUT2D eigenvalue weighted by Crippen LogP contribution is -2.56. The van der Waals surface area contributed by atoms with E-state index in [0.717, 1.165) is 83.9 Å². The van der Waals surface area contributed by atoms with Crippen molar-refractivity contribution in [2.24, 2.45) is 0 Å². The molecule has 3 aliphatic heterocycles. The van der Waals surface area contributed by atoms with Gasteiger partial charge in [0.05, 0.1) is 18.6 Å². The van der Waals surface area contributed by atoms with E-state index in [0.29, 0.717) is 13.2 Å². The second-order valence-corrected chi connectivity index (χ2v) is 8.36. The lowest BCUT2D eigenvalue weighted by atomic mass is 9.72. The maximum absolute atomic E-state index is 14.2. The van der Waals surface area contributed by atoms with Gasteiger partial charge in [0, 0.05) is 58.6 Å². The van der Waals surface area contributed by atoms with Crippen LogP contribution in [0.4, 0.5) is 0 Å². The Morgan fingerprint density at radius 3 is 2.24 bits per heavy atom. The van der Waals surface area contributed by atoms with Crippen molar-refractivity contribution in [1.82, 2.24) is 9.80 Å². The molecule has 0 atom stereocenters. The number of hydrogen-bond donors (Lipinski definition) is 0. The Labute approximate surface area is 174 Å². The standard InChI is InChI=1S/C23H34N2O4/c26-22(23(8-16-28-17-9-23)20-4-2-1-3-5-20)25(21-6-14-27-15-7-21)11-10-24-12-18-29-19-13-24/h1-5,21H,6-19H2. The first-order valence-electron chi connectivity index (χ1n) is 11.1. The highest BCUT2D eigenvalue weighted by molar-refractivity contribution is 5.88. The molecule has 0 spiro atoms. The summed E-state index contributed by atoms with van der Waals surface area (Å²) in [5.41, 5.74) is 0.666. The lowest BCUT2D eigenvalue weighted by molar-refractivity contribution is -0.146. The van der Waals surface area contributed by atoms with Crippen molar-refractivity contribution in [2.75, 3.05) is 65.8 Å². The molecule has 0 aliphatic carbocycles. The molecule has 1 aromatic carbocycles. The minimum absolute atomic E-state index is 0.265. The molecule has 0 bridgehead atoms. The number of carbonyl (C=O) groups is 1. The SMILES string of the molecule is O=C(N(CCN1CCOCC1)C1CCOCC1)C1(c2ccccc2)CCOCC1. The molecule has 0 saturated carbocycles. The molecule has 29 heavy (non-hydrogen) atoms. The molecule has 0 N–H and O–H groups in total. The maximum atomic E-state index is 14.2. The van der Waals surface area contributed by atoms with Crippen LogP contribution in [-0.4, -0.2) is 87.6 Å². The fourth-order valence-corrected chi connectivity index (χ4v) is 4.90. The van der Waals surface area contributed by atoms with Gasteiger partial charge in [0.15, 0.2) is 0 Å². The normalized spacial score (nSPS) is 23.6. The fraction of sp³-hybridized carbons (Fsp3) is 0.696. The molecular weight excluding hydrogens is 368 g/mol. The van der Waals surface area contributed by atoms with Crippen LogP contribution in [0.3, 0.4) is 0 Å². The van der Waals surface area contributed by atoms with E-state index in [1.807, 2.05) is 18.2 Å². The summed E-state index contributed by atoms with van der Waals surface area (Å²) in [5, 5.41) is 0. The molecule has 3 saturated heterocycles. The van der Waals surface area contributed by atoms with Crippen molar-refractivity contribution >= 4 is 5.91 Å². The Hall–Kier alpha value is -1.47. The highest BCUT2D eigenvalue weighted by Gasteiger charge is 2.45. The van der Waals surface area contributed by atoms with Crippen LogP contribution in [0.25, 0.3) is 0 Å². The molecule has 0 unspecified atom stereocenters. The molecule has 3 aliphatic rings. The Morgan fingerprint density at radius 1 is 0.931 bits per heavy atom. The Morgan fingerprint density at radius 2 is 1.55 bits per heavy atom. The van der Waals surface area contributed by atoms with Crippen molar-refractivity contribution in [3.63, 3.8) is 0 Å². The minimum atomic E-state index is -0.469. The first-order chi connectivity index (χ1) is 14.3. The van der Waals surface area contributed by atoms with Gasteiger partial charge in [0.25, 0.3) is 0 Å². The summed E-state index contributed by atoms with van der Waals surface area (Å²) >= 11 is 0. The number of ether oxygens (including phenoxy) is 3. The van der Waals surface area contributed by atoms with Crippen LogP contribution >= 0.6 is 0 Å². The zero-order valence-corrected chi connectivity index (χ0v) is 17.4. The van der Waals surface area contributed by atoms with Gasteiger partial charge in [-0.2, -0.15) is 0 Å². The van der Waals surface area contributed by atoms with Gasteiger partial charge in [0.1, 0.15) is 0 Å². The number of benzene rings is 1. The molecule has 4 rings (SSSR count). The summed E-state index contributed by atoms with van der Waals surface area (Å²) in [7, 11) is 0. The number of nitrogens with zero attached hydrogens (tertiary/aromatic N) is 2. The number of carbonyl (C=O) groups excluding carboxylic acids is 1. The van der Waals surface area contributed by atoms with Gasteiger partial charge in [0.2, 0.25) is 5.91 Å². The molecule has 3 heterocycles. The lowest BCUT2D eigenvalue weighted by Gasteiger charge is -2.44. The zero-order chi connectivity index (χ0) is 19.9. The molecular formula is C23H34N2O4. The fourth-order valence-electron chi connectivity index (χ4n) is 4.90. The number of amides is 1. The van der Waals surface area contributed by atoms with E-state index in [-0.39, 0.29) is 11.9 Å². The van der Waals surface area contributed by atoms with Crippen LogP contribution in [0.5, 0.6) is 0 Å². The smallest absolute Gasteiger partial charge is 0.233 e. The van der Waals surface area contributed by atoms with Gasteiger partial charge in [-0.1, -0.05) is 30.3 Å². The second-order valence-electron chi connectivity index (χ2n) is 8.36. The largest absolute Gasteiger partial charge is 0.381 e. The third kappa shape index (κ3) is 4.82. The topological polar surface area (TPSA) is 51.2 Å². The van der Waals surface area contributed by atoms with E-state index < -0.39 is 5.41 Å². The number of hydrogen-bond acceptors (Lipinski definition) is 5. The average molecular weight is 403 g/mol. The molecule has 6 heteroatoms. The summed E-state index contributed by atoms with van der Waals surface area (Å²) in [6, 6.07) is 10.6. The van der Waals surface area contributed by atoms with Crippen LogP contribution in [0, 0.1) is 0 Å². The summed E-state index contributed by atoms with van der Waals surface area (Å²) in [6.45, 7) is 7.94. The van der Waals surface area contributed by atoms with Gasteiger partial charge in [-0.15, -0.1) is 0 Å². The number of morpholine rings is 1. The maximum Gasteiger partial charge on any atom is 0.233 e. The molecule has 1 amide bonds. The molecule has 3 fully saturated rings. The van der Waals surface area contributed by atoms with E-state index in [1.165, 1.54) is 0 Å². The van der Waals surface area contributed by atoms with Crippen LogP contribution in [-0.2, 0) is 24.4 Å². The first kappa shape index (κ1) is 20.8. The molecule has 1 aromatic rings. The zero-order valence-electron chi connectivity index (χ0n) is 17.4. The van der Waals surface area contributed by atoms with Crippen molar-refractivity contribution in [1.29, 1.82) is 0 Å². The Balaban J connectivity index is 1.57. The van der Waals surface area contributed by atoms with Gasteiger partial charge in [-0.25, -0.2) is 0 Å². The quantitative estimate of drug-likeness (QED) is 0.729. The third-order valence-corrected chi connectivity index (χ3v) is 6.74. The Bertz CT molecular complexity index is 636. The van der Waals surface area contributed by atoms with Gasteiger partial charge in [-0.3, -0.25) is 9.69 Å². The highest BCUT2D eigenvalue weighted by Crippen LogP contribution is 2.38. The van der Waals surface area contributed by atoms with E-state index in [2.05, 4.69) is 21.9 Å². The van der Waals surface area contributed by atoms with Crippen molar-refractivity contribution < 1.29 is 19.0 Å². The summed E-state index contributed by atoms with van der Waals surface area (Å²) in [6.07, 6.45) is 3.37. The van der Waals surface area contributed by atoms with E-state index >= 15 is 0 Å². The van der Waals surface area contributed by atoms with Gasteiger partial charge < -0.3 is 19.1 Å². The van der Waals surface area contributed by atoms with Crippen LogP contribution in [0.15, 0.2) is 30.3 Å². The van der Waals surface area contributed by atoms with Gasteiger partial charge in [-0.05, 0) is 31.2 Å².